The summed E-state index contributed by atoms with van der Waals surface area (Å²) in [5.41, 5.74) is 1.82. The van der Waals surface area contributed by atoms with Gasteiger partial charge in [0.15, 0.2) is 0 Å². The second-order valence-electron chi connectivity index (χ2n) is 6.10. The molecule has 1 aromatic heterocycles. The molecule has 0 aliphatic carbocycles. The van der Waals surface area contributed by atoms with Crippen LogP contribution in [-0.4, -0.2) is 33.4 Å². The van der Waals surface area contributed by atoms with Crippen molar-refractivity contribution >= 4 is 11.9 Å². The van der Waals surface area contributed by atoms with E-state index in [2.05, 4.69) is 4.98 Å². The predicted octanol–water partition coefficient (Wildman–Crippen LogP) is 2.41. The lowest BCUT2D eigenvalue weighted by molar-refractivity contribution is -0.152. The average Bonchev–Trinajstić information content (AvgIpc) is 2.41. The van der Waals surface area contributed by atoms with E-state index in [1.807, 2.05) is 26.8 Å². The summed E-state index contributed by atoms with van der Waals surface area (Å²) in [5.74, 6) is -1.08. The fourth-order valence-electron chi connectivity index (χ4n) is 2.99. The van der Waals surface area contributed by atoms with Gasteiger partial charge in [0.25, 0.3) is 0 Å². The number of hydrogen-bond acceptors (Lipinski definition) is 3. The number of hydrogen-bond donors (Lipinski definition) is 1. The van der Waals surface area contributed by atoms with Crippen LogP contribution in [-0.2, 0) is 9.59 Å². The highest BCUT2D eigenvalue weighted by molar-refractivity contribution is 5.81. The molecule has 5 heteroatoms. The minimum Gasteiger partial charge on any atom is -0.481 e. The van der Waals surface area contributed by atoms with E-state index in [4.69, 9.17) is 0 Å². The quantitative estimate of drug-likeness (QED) is 0.924. The molecule has 0 saturated carbocycles. The third-order valence-electron chi connectivity index (χ3n) is 3.98. The van der Waals surface area contributed by atoms with Crippen molar-refractivity contribution < 1.29 is 14.7 Å². The van der Waals surface area contributed by atoms with Crippen molar-refractivity contribution in [2.45, 2.75) is 39.7 Å². The first-order valence-corrected chi connectivity index (χ1v) is 7.34. The molecule has 114 valence electrons. The first kappa shape index (κ1) is 15.5. The number of carboxylic acid groups (broad SMARTS) is 1. The van der Waals surface area contributed by atoms with Gasteiger partial charge in [0.05, 0.1) is 12.0 Å². The van der Waals surface area contributed by atoms with E-state index in [1.165, 1.54) is 0 Å². The summed E-state index contributed by atoms with van der Waals surface area (Å²) in [6, 6.07) is 1.45. The van der Waals surface area contributed by atoms with Gasteiger partial charge in [-0.2, -0.15) is 0 Å². The number of carbonyl (C=O) groups is 2. The van der Waals surface area contributed by atoms with Gasteiger partial charge in [-0.1, -0.05) is 13.8 Å². The molecule has 1 aliphatic heterocycles. The summed E-state index contributed by atoms with van der Waals surface area (Å²) in [6.07, 6.45) is 4.08. The molecule has 0 spiro atoms. The first-order valence-electron chi connectivity index (χ1n) is 7.34. The third kappa shape index (κ3) is 3.23. The first-order chi connectivity index (χ1) is 9.91. The maximum absolute atomic E-state index is 12.3. The number of aryl methyl sites for hydroxylation is 1. The number of aliphatic carboxylic acids is 1. The summed E-state index contributed by atoms with van der Waals surface area (Å²) < 4.78 is 0. The SMILES string of the molecule is Cc1ccncc1C1C(C(=O)O)CCC(=O)N1CC(C)C. The van der Waals surface area contributed by atoms with E-state index < -0.39 is 17.9 Å². The molecule has 2 heterocycles. The van der Waals surface area contributed by atoms with Gasteiger partial charge in [0.1, 0.15) is 0 Å². The van der Waals surface area contributed by atoms with Crippen LogP contribution in [0.1, 0.15) is 43.9 Å². The molecule has 1 aromatic rings. The van der Waals surface area contributed by atoms with Crippen LogP contribution in [0.25, 0.3) is 0 Å². The highest BCUT2D eigenvalue weighted by Gasteiger charge is 2.41. The van der Waals surface area contributed by atoms with E-state index >= 15 is 0 Å². The van der Waals surface area contributed by atoms with Gasteiger partial charge in [-0.3, -0.25) is 14.6 Å². The lowest BCUT2D eigenvalue weighted by atomic mass is 9.83. The van der Waals surface area contributed by atoms with Crippen molar-refractivity contribution in [1.82, 2.24) is 9.88 Å². The van der Waals surface area contributed by atoms with Gasteiger partial charge in [-0.05, 0) is 36.5 Å². The van der Waals surface area contributed by atoms with Gasteiger partial charge >= 0.3 is 5.97 Å². The fourth-order valence-corrected chi connectivity index (χ4v) is 2.99. The van der Waals surface area contributed by atoms with Crippen molar-refractivity contribution in [1.29, 1.82) is 0 Å². The van der Waals surface area contributed by atoms with Crippen LogP contribution < -0.4 is 0 Å². The number of amides is 1. The van der Waals surface area contributed by atoms with Crippen molar-refractivity contribution in [3.05, 3.63) is 29.6 Å². The average molecular weight is 290 g/mol. The molecule has 2 rings (SSSR count). The Bertz CT molecular complexity index is 542. The van der Waals surface area contributed by atoms with Gasteiger partial charge in [-0.25, -0.2) is 0 Å². The number of pyridine rings is 1. The number of carboxylic acids is 1. The minimum absolute atomic E-state index is 0.0365. The van der Waals surface area contributed by atoms with Crippen LogP contribution in [0, 0.1) is 18.8 Å². The zero-order chi connectivity index (χ0) is 15.6. The molecule has 21 heavy (non-hydrogen) atoms. The highest BCUT2D eigenvalue weighted by atomic mass is 16.4. The number of aromatic nitrogens is 1. The Morgan fingerprint density at radius 2 is 2.24 bits per heavy atom. The number of likely N-dealkylation sites (tertiary alicyclic amines) is 1. The molecule has 1 N–H and O–H groups in total. The third-order valence-corrected chi connectivity index (χ3v) is 3.98. The minimum atomic E-state index is -0.843. The maximum atomic E-state index is 12.3. The van der Waals surface area contributed by atoms with Crippen molar-refractivity contribution in [2.75, 3.05) is 6.54 Å². The van der Waals surface area contributed by atoms with E-state index in [1.54, 1.807) is 17.3 Å². The van der Waals surface area contributed by atoms with Crippen LogP contribution in [0.5, 0.6) is 0 Å². The monoisotopic (exact) mass is 290 g/mol. The summed E-state index contributed by atoms with van der Waals surface area (Å²) in [4.78, 5) is 29.8. The number of carbonyl (C=O) groups excluding carboxylic acids is 1. The smallest absolute Gasteiger partial charge is 0.308 e. The number of nitrogens with zero attached hydrogens (tertiary/aromatic N) is 2. The van der Waals surface area contributed by atoms with Gasteiger partial charge < -0.3 is 10.0 Å². The standard InChI is InChI=1S/C16H22N2O3/c1-10(2)9-18-14(19)5-4-12(16(20)21)15(18)13-8-17-7-6-11(13)3/h6-8,10,12,15H,4-5,9H2,1-3H3,(H,20,21). The Morgan fingerprint density at radius 3 is 2.81 bits per heavy atom. The predicted molar refractivity (Wildman–Crippen MR) is 78.6 cm³/mol. The molecule has 1 fully saturated rings. The van der Waals surface area contributed by atoms with Crippen molar-refractivity contribution in [3.8, 4) is 0 Å². The normalized spacial score (nSPS) is 22.7. The summed E-state index contributed by atoms with van der Waals surface area (Å²) in [5, 5.41) is 9.54. The van der Waals surface area contributed by atoms with Crippen LogP contribution in [0.2, 0.25) is 0 Å². The zero-order valence-corrected chi connectivity index (χ0v) is 12.7. The summed E-state index contributed by atoms with van der Waals surface area (Å²) >= 11 is 0. The van der Waals surface area contributed by atoms with E-state index in [0.29, 0.717) is 25.3 Å². The molecule has 1 saturated heterocycles. The Labute approximate surface area is 125 Å². The number of rotatable bonds is 4. The zero-order valence-electron chi connectivity index (χ0n) is 12.7. The number of piperidine rings is 1. The topological polar surface area (TPSA) is 70.5 Å². The van der Waals surface area contributed by atoms with E-state index in [0.717, 1.165) is 11.1 Å². The lowest BCUT2D eigenvalue weighted by Crippen LogP contribution is -2.47. The fraction of sp³-hybridized carbons (Fsp3) is 0.562. The second-order valence-corrected chi connectivity index (χ2v) is 6.10. The molecule has 1 aliphatic rings. The molecular weight excluding hydrogens is 268 g/mol. The molecule has 1 amide bonds. The maximum Gasteiger partial charge on any atom is 0.308 e. The Hall–Kier alpha value is -1.91. The summed E-state index contributed by atoms with van der Waals surface area (Å²) in [7, 11) is 0. The highest BCUT2D eigenvalue weighted by Crippen LogP contribution is 2.38. The summed E-state index contributed by atoms with van der Waals surface area (Å²) in [6.45, 7) is 6.57. The van der Waals surface area contributed by atoms with Crippen molar-refractivity contribution in [2.24, 2.45) is 11.8 Å². The molecule has 0 aromatic carbocycles. The van der Waals surface area contributed by atoms with Gasteiger partial charge in [-0.15, -0.1) is 0 Å². The molecule has 5 nitrogen and oxygen atoms in total. The molecule has 2 atom stereocenters. The Kier molecular flexibility index (Phi) is 4.60. The van der Waals surface area contributed by atoms with Crippen LogP contribution in [0.4, 0.5) is 0 Å². The largest absolute Gasteiger partial charge is 0.481 e. The van der Waals surface area contributed by atoms with Gasteiger partial charge in [0, 0.05) is 25.4 Å². The second kappa shape index (κ2) is 6.24. The van der Waals surface area contributed by atoms with Crippen molar-refractivity contribution in [3.63, 3.8) is 0 Å². The Balaban J connectivity index is 2.46. The van der Waals surface area contributed by atoms with E-state index in [9.17, 15) is 14.7 Å². The van der Waals surface area contributed by atoms with Crippen LogP contribution in [0.3, 0.4) is 0 Å². The lowest BCUT2D eigenvalue weighted by Gasteiger charge is -2.41. The van der Waals surface area contributed by atoms with E-state index in [-0.39, 0.29) is 5.91 Å². The molecule has 0 radical (unpaired) electrons. The molecule has 0 bridgehead atoms. The van der Waals surface area contributed by atoms with Crippen LogP contribution in [0.15, 0.2) is 18.5 Å². The van der Waals surface area contributed by atoms with Crippen LogP contribution >= 0.6 is 0 Å². The Morgan fingerprint density at radius 1 is 1.52 bits per heavy atom. The molecule has 2 unspecified atom stereocenters. The van der Waals surface area contributed by atoms with Gasteiger partial charge in [0.2, 0.25) is 5.91 Å². The molecular formula is C16H22N2O3.